The van der Waals surface area contributed by atoms with Crippen LogP contribution in [0.25, 0.3) is 22.4 Å². The van der Waals surface area contributed by atoms with E-state index in [4.69, 9.17) is 5.73 Å². The molecule has 0 aliphatic rings. The fourth-order valence-corrected chi connectivity index (χ4v) is 2.89. The van der Waals surface area contributed by atoms with Crippen LogP contribution in [0.3, 0.4) is 0 Å². The van der Waals surface area contributed by atoms with Gasteiger partial charge in [0.15, 0.2) is 0 Å². The highest BCUT2D eigenvalue weighted by Crippen LogP contribution is 2.20. The van der Waals surface area contributed by atoms with Crippen LogP contribution in [0.4, 0.5) is 5.95 Å². The number of nitrogen functional groups attached to an aromatic ring is 1. The lowest BCUT2D eigenvalue weighted by atomic mass is 10.0. The highest BCUT2D eigenvalue weighted by atomic mass is 15.4. The average molecular weight is 340 g/mol. The van der Waals surface area contributed by atoms with E-state index in [2.05, 4.69) is 58.9 Å². The molecule has 0 atom stereocenters. The second-order valence-electron chi connectivity index (χ2n) is 6.12. The number of hydrogen-bond donors (Lipinski definition) is 2. The van der Waals surface area contributed by atoms with Gasteiger partial charge in [-0.2, -0.15) is 0 Å². The van der Waals surface area contributed by atoms with Gasteiger partial charge in [0.25, 0.3) is 0 Å². The van der Waals surface area contributed by atoms with Crippen LogP contribution in [0.5, 0.6) is 0 Å². The Kier molecular flexibility index (Phi) is 4.39. The first-order valence-corrected chi connectivity index (χ1v) is 8.58. The van der Waals surface area contributed by atoms with Gasteiger partial charge in [0, 0.05) is 5.56 Å². The highest BCUT2D eigenvalue weighted by Gasteiger charge is 2.06. The molecular weight excluding hydrogens is 320 g/mol. The smallest absolute Gasteiger partial charge is 0.219 e. The minimum absolute atomic E-state index is 0.449. The number of benzene rings is 3. The summed E-state index contributed by atoms with van der Waals surface area (Å²) in [5.41, 5.74) is 14.9. The van der Waals surface area contributed by atoms with Crippen molar-refractivity contribution in [2.75, 3.05) is 11.2 Å². The molecular formula is C22H20N4. The lowest BCUT2D eigenvalue weighted by Gasteiger charge is -2.09. The predicted molar refractivity (Wildman–Crippen MR) is 107 cm³/mol. The molecule has 0 saturated carbocycles. The zero-order valence-electron chi connectivity index (χ0n) is 14.3. The zero-order chi connectivity index (χ0) is 17.8. The van der Waals surface area contributed by atoms with Crippen LogP contribution in [-0.2, 0) is 6.54 Å². The largest absolute Gasteiger partial charge is 0.368 e. The summed E-state index contributed by atoms with van der Waals surface area (Å²) in [6, 6.07) is 28.9. The van der Waals surface area contributed by atoms with Gasteiger partial charge in [-0.3, -0.25) is 0 Å². The van der Waals surface area contributed by atoms with E-state index in [0.29, 0.717) is 12.5 Å². The molecule has 0 aliphatic heterocycles. The Morgan fingerprint density at radius 2 is 1.31 bits per heavy atom. The molecule has 1 heterocycles. The van der Waals surface area contributed by atoms with Crippen molar-refractivity contribution < 1.29 is 0 Å². The Hall–Kier alpha value is -3.53. The average Bonchev–Trinajstić information content (AvgIpc) is 3.09. The maximum Gasteiger partial charge on any atom is 0.219 e. The number of hydrogen-bond acceptors (Lipinski definition) is 3. The van der Waals surface area contributed by atoms with Crippen LogP contribution in [-0.4, -0.2) is 9.66 Å². The summed E-state index contributed by atoms with van der Waals surface area (Å²) in [6.07, 6.45) is 1.92. The molecule has 128 valence electrons. The number of imidazole rings is 1. The molecule has 1 aromatic heterocycles. The predicted octanol–water partition coefficient (Wildman–Crippen LogP) is 4.54. The third kappa shape index (κ3) is 3.44. The van der Waals surface area contributed by atoms with Gasteiger partial charge in [-0.15, -0.1) is 0 Å². The Balaban J connectivity index is 1.45. The van der Waals surface area contributed by atoms with E-state index in [1.807, 2.05) is 42.6 Å². The third-order valence-corrected chi connectivity index (χ3v) is 4.32. The Morgan fingerprint density at radius 3 is 1.96 bits per heavy atom. The first-order valence-electron chi connectivity index (χ1n) is 8.58. The zero-order valence-corrected chi connectivity index (χ0v) is 14.3. The molecule has 4 rings (SSSR count). The maximum atomic E-state index is 6.03. The summed E-state index contributed by atoms with van der Waals surface area (Å²) in [5, 5.41) is 0. The fourth-order valence-electron chi connectivity index (χ4n) is 2.89. The van der Waals surface area contributed by atoms with Gasteiger partial charge in [-0.1, -0.05) is 84.9 Å². The summed E-state index contributed by atoms with van der Waals surface area (Å²) < 4.78 is 1.77. The molecule has 0 radical (unpaired) electrons. The molecule has 0 aliphatic carbocycles. The van der Waals surface area contributed by atoms with Crippen LogP contribution in [0, 0.1) is 0 Å². The quantitative estimate of drug-likeness (QED) is 0.561. The van der Waals surface area contributed by atoms with E-state index in [1.54, 1.807) is 4.68 Å². The summed E-state index contributed by atoms with van der Waals surface area (Å²) in [5.74, 6) is 0.449. The number of aromatic nitrogens is 2. The SMILES string of the molecule is Nc1nc(-c2ccccc2)cn1NCc1ccc(-c2ccccc2)cc1. The molecule has 0 amide bonds. The molecule has 4 aromatic rings. The minimum atomic E-state index is 0.449. The molecule has 4 nitrogen and oxygen atoms in total. The molecule has 0 bridgehead atoms. The van der Waals surface area contributed by atoms with E-state index in [1.165, 1.54) is 16.7 Å². The van der Waals surface area contributed by atoms with Crippen molar-refractivity contribution in [1.82, 2.24) is 9.66 Å². The Bertz CT molecular complexity index is 974. The van der Waals surface area contributed by atoms with E-state index in [-0.39, 0.29) is 0 Å². The second kappa shape index (κ2) is 7.15. The van der Waals surface area contributed by atoms with Crippen LogP contribution < -0.4 is 11.2 Å². The van der Waals surface area contributed by atoms with E-state index in [9.17, 15) is 0 Å². The monoisotopic (exact) mass is 340 g/mol. The molecule has 0 saturated heterocycles. The fraction of sp³-hybridized carbons (Fsp3) is 0.0455. The standard InChI is InChI=1S/C22H20N4/c23-22-25-21(20-9-5-2-6-10-20)16-26(22)24-15-17-11-13-19(14-12-17)18-7-3-1-4-8-18/h1-14,16,24H,15H2,(H2,23,25). The van der Waals surface area contributed by atoms with Gasteiger partial charge in [-0.25, -0.2) is 9.66 Å². The molecule has 0 unspecified atom stereocenters. The van der Waals surface area contributed by atoms with Crippen molar-refractivity contribution in [3.05, 3.63) is 96.7 Å². The molecule has 0 spiro atoms. The van der Waals surface area contributed by atoms with E-state index in [0.717, 1.165) is 11.3 Å². The van der Waals surface area contributed by atoms with Crippen LogP contribution in [0.15, 0.2) is 91.1 Å². The van der Waals surface area contributed by atoms with Crippen molar-refractivity contribution in [2.45, 2.75) is 6.54 Å². The molecule has 26 heavy (non-hydrogen) atoms. The number of anilines is 1. The molecule has 4 heteroatoms. The number of nitrogens with two attached hydrogens (primary N) is 1. The van der Waals surface area contributed by atoms with Crippen molar-refractivity contribution in [2.24, 2.45) is 0 Å². The number of nitrogens with one attached hydrogen (secondary N) is 1. The van der Waals surface area contributed by atoms with Crippen LogP contribution >= 0.6 is 0 Å². The van der Waals surface area contributed by atoms with Gasteiger partial charge in [0.1, 0.15) is 0 Å². The normalized spacial score (nSPS) is 10.6. The van der Waals surface area contributed by atoms with Gasteiger partial charge in [-0.05, 0) is 16.7 Å². The second-order valence-corrected chi connectivity index (χ2v) is 6.12. The van der Waals surface area contributed by atoms with Gasteiger partial charge >= 0.3 is 0 Å². The van der Waals surface area contributed by atoms with Gasteiger partial charge < -0.3 is 11.2 Å². The molecule has 3 aromatic carbocycles. The van der Waals surface area contributed by atoms with Gasteiger partial charge in [0.05, 0.1) is 18.4 Å². The summed E-state index contributed by atoms with van der Waals surface area (Å²) in [4.78, 5) is 4.43. The first-order chi connectivity index (χ1) is 12.8. The minimum Gasteiger partial charge on any atom is -0.368 e. The van der Waals surface area contributed by atoms with E-state index < -0.39 is 0 Å². The van der Waals surface area contributed by atoms with Crippen molar-refractivity contribution in [1.29, 1.82) is 0 Å². The lowest BCUT2D eigenvalue weighted by Crippen LogP contribution is -2.15. The Morgan fingerprint density at radius 1 is 0.731 bits per heavy atom. The van der Waals surface area contributed by atoms with Crippen molar-refractivity contribution >= 4 is 5.95 Å². The summed E-state index contributed by atoms with van der Waals surface area (Å²) >= 11 is 0. The molecule has 3 N–H and O–H groups in total. The first kappa shape index (κ1) is 16.0. The van der Waals surface area contributed by atoms with Crippen molar-refractivity contribution in [3.63, 3.8) is 0 Å². The molecule has 0 fully saturated rings. The topological polar surface area (TPSA) is 55.9 Å². The number of nitrogens with zero attached hydrogens (tertiary/aromatic N) is 2. The Labute approximate surface area is 152 Å². The van der Waals surface area contributed by atoms with E-state index >= 15 is 0 Å². The number of rotatable bonds is 5. The van der Waals surface area contributed by atoms with Crippen LogP contribution in [0.2, 0.25) is 0 Å². The third-order valence-electron chi connectivity index (χ3n) is 4.32. The van der Waals surface area contributed by atoms with Gasteiger partial charge in [0.2, 0.25) is 5.95 Å². The van der Waals surface area contributed by atoms with Crippen molar-refractivity contribution in [3.8, 4) is 22.4 Å². The summed E-state index contributed by atoms with van der Waals surface area (Å²) in [7, 11) is 0. The maximum absolute atomic E-state index is 6.03. The summed E-state index contributed by atoms with van der Waals surface area (Å²) in [6.45, 7) is 0.670. The highest BCUT2D eigenvalue weighted by molar-refractivity contribution is 5.63. The van der Waals surface area contributed by atoms with Crippen LogP contribution in [0.1, 0.15) is 5.56 Å². The lowest BCUT2D eigenvalue weighted by molar-refractivity contribution is 0.851.